The quantitative estimate of drug-likeness (QED) is 0.555. The fraction of sp³-hybridized carbons (Fsp3) is 1.00. The molecule has 3 atom stereocenters. The van der Waals surface area contributed by atoms with E-state index >= 15 is 0 Å². The van der Waals surface area contributed by atoms with Crippen LogP contribution >= 0.6 is 0 Å². The largest absolute Gasteiger partial charge is 0.333 e. The van der Waals surface area contributed by atoms with Crippen LogP contribution in [-0.2, 0) is 14.2 Å². The van der Waals surface area contributed by atoms with E-state index in [1.54, 1.807) is 7.11 Å². The highest BCUT2D eigenvalue weighted by atomic mass is 16.9. The van der Waals surface area contributed by atoms with Crippen LogP contribution in [0.4, 0.5) is 0 Å². The first-order valence-corrected chi connectivity index (χ1v) is 3.56. The van der Waals surface area contributed by atoms with Gasteiger partial charge in [-0.05, 0) is 20.3 Å². The van der Waals surface area contributed by atoms with E-state index in [1.807, 2.05) is 13.8 Å². The summed E-state index contributed by atoms with van der Waals surface area (Å²) in [6, 6.07) is 0. The van der Waals surface area contributed by atoms with Gasteiger partial charge in [0, 0.05) is 7.11 Å². The Balaban J connectivity index is 2.35. The predicted molar refractivity (Wildman–Crippen MR) is 36.5 cm³/mol. The molecule has 1 aliphatic rings. The lowest BCUT2D eigenvalue weighted by molar-refractivity contribution is -0.337. The standard InChI is InChI=1S/C7H14O3/c1-5-4-6(2)10-7(8-3)9-5/h5-7H,4H2,1-3H3/t5-,6+,7?. The van der Waals surface area contributed by atoms with Gasteiger partial charge < -0.3 is 14.2 Å². The molecule has 3 heteroatoms. The van der Waals surface area contributed by atoms with Crippen molar-refractivity contribution in [1.82, 2.24) is 0 Å². The number of methoxy groups -OCH3 is 1. The van der Waals surface area contributed by atoms with Crippen molar-refractivity contribution in [3.05, 3.63) is 0 Å². The van der Waals surface area contributed by atoms with Gasteiger partial charge in [0.1, 0.15) is 0 Å². The van der Waals surface area contributed by atoms with Crippen molar-refractivity contribution in [1.29, 1.82) is 0 Å². The second kappa shape index (κ2) is 3.32. The van der Waals surface area contributed by atoms with Crippen molar-refractivity contribution in [2.75, 3.05) is 7.11 Å². The van der Waals surface area contributed by atoms with E-state index in [1.165, 1.54) is 0 Å². The highest BCUT2D eigenvalue weighted by Crippen LogP contribution is 2.17. The van der Waals surface area contributed by atoms with E-state index in [0.717, 1.165) is 6.42 Å². The third kappa shape index (κ3) is 1.94. The molecule has 0 N–H and O–H groups in total. The van der Waals surface area contributed by atoms with Gasteiger partial charge in [-0.2, -0.15) is 0 Å². The van der Waals surface area contributed by atoms with Crippen LogP contribution in [0.15, 0.2) is 0 Å². The molecule has 1 rings (SSSR count). The first-order chi connectivity index (χ1) is 4.72. The Bertz CT molecular complexity index is 95.0. The molecule has 0 bridgehead atoms. The molecule has 3 nitrogen and oxygen atoms in total. The molecular formula is C7H14O3. The lowest BCUT2D eigenvalue weighted by Gasteiger charge is -2.30. The molecule has 0 spiro atoms. The minimum atomic E-state index is -0.459. The van der Waals surface area contributed by atoms with Gasteiger partial charge in [-0.3, -0.25) is 0 Å². The summed E-state index contributed by atoms with van der Waals surface area (Å²) < 4.78 is 15.4. The third-order valence-corrected chi connectivity index (χ3v) is 1.54. The zero-order valence-electron chi connectivity index (χ0n) is 6.66. The SMILES string of the molecule is COC1O[C@H](C)C[C@H](C)O1. The van der Waals surface area contributed by atoms with E-state index in [9.17, 15) is 0 Å². The fourth-order valence-corrected chi connectivity index (χ4v) is 1.10. The van der Waals surface area contributed by atoms with Gasteiger partial charge in [0.2, 0.25) is 0 Å². The zero-order chi connectivity index (χ0) is 7.56. The minimum absolute atomic E-state index is 0.244. The van der Waals surface area contributed by atoms with Crippen LogP contribution in [0, 0.1) is 0 Å². The summed E-state index contributed by atoms with van der Waals surface area (Å²) in [4.78, 5) is 0. The average molecular weight is 146 g/mol. The second-order valence-corrected chi connectivity index (χ2v) is 2.65. The van der Waals surface area contributed by atoms with Crippen LogP contribution in [0.1, 0.15) is 20.3 Å². The van der Waals surface area contributed by atoms with Crippen molar-refractivity contribution in [2.45, 2.75) is 39.0 Å². The van der Waals surface area contributed by atoms with Crippen LogP contribution in [0.2, 0.25) is 0 Å². The Morgan fingerprint density at radius 3 is 2.10 bits per heavy atom. The molecule has 0 saturated carbocycles. The monoisotopic (exact) mass is 146 g/mol. The maximum atomic E-state index is 5.26. The van der Waals surface area contributed by atoms with Crippen LogP contribution in [-0.4, -0.2) is 25.8 Å². The van der Waals surface area contributed by atoms with Crippen LogP contribution in [0.5, 0.6) is 0 Å². The topological polar surface area (TPSA) is 27.7 Å². The summed E-state index contributed by atoms with van der Waals surface area (Å²) in [5.74, 6) is 0. The van der Waals surface area contributed by atoms with Crippen molar-refractivity contribution in [2.24, 2.45) is 0 Å². The van der Waals surface area contributed by atoms with Gasteiger partial charge in [-0.15, -0.1) is 0 Å². The smallest absolute Gasteiger partial charge is 0.271 e. The highest BCUT2D eigenvalue weighted by molar-refractivity contribution is 4.61. The molecule has 1 heterocycles. The Morgan fingerprint density at radius 2 is 1.70 bits per heavy atom. The number of hydrogen-bond donors (Lipinski definition) is 0. The Hall–Kier alpha value is -0.120. The van der Waals surface area contributed by atoms with E-state index < -0.39 is 6.48 Å². The van der Waals surface area contributed by atoms with E-state index in [-0.39, 0.29) is 12.2 Å². The lowest BCUT2D eigenvalue weighted by Crippen LogP contribution is -2.36. The van der Waals surface area contributed by atoms with Crippen molar-refractivity contribution in [3.8, 4) is 0 Å². The van der Waals surface area contributed by atoms with E-state index in [0.29, 0.717) is 0 Å². The molecule has 10 heavy (non-hydrogen) atoms. The van der Waals surface area contributed by atoms with Gasteiger partial charge in [0.05, 0.1) is 12.2 Å². The summed E-state index contributed by atoms with van der Waals surface area (Å²) in [6.45, 7) is 3.58. The average Bonchev–Trinajstić information content (AvgIpc) is 1.85. The van der Waals surface area contributed by atoms with E-state index in [4.69, 9.17) is 14.2 Å². The van der Waals surface area contributed by atoms with Gasteiger partial charge >= 0.3 is 0 Å². The maximum absolute atomic E-state index is 5.26. The van der Waals surface area contributed by atoms with Crippen molar-refractivity contribution >= 4 is 0 Å². The summed E-state index contributed by atoms with van der Waals surface area (Å²) in [5.41, 5.74) is 0. The lowest BCUT2D eigenvalue weighted by atomic mass is 10.2. The Kier molecular flexibility index (Phi) is 2.65. The van der Waals surface area contributed by atoms with Crippen molar-refractivity contribution < 1.29 is 14.2 Å². The van der Waals surface area contributed by atoms with Crippen LogP contribution in [0.3, 0.4) is 0 Å². The van der Waals surface area contributed by atoms with Crippen LogP contribution < -0.4 is 0 Å². The summed E-state index contributed by atoms with van der Waals surface area (Å²) in [7, 11) is 1.58. The number of ether oxygens (including phenoxy) is 3. The summed E-state index contributed by atoms with van der Waals surface area (Å²) >= 11 is 0. The minimum Gasteiger partial charge on any atom is -0.333 e. The van der Waals surface area contributed by atoms with Gasteiger partial charge in [-0.1, -0.05) is 0 Å². The van der Waals surface area contributed by atoms with Gasteiger partial charge in [-0.25, -0.2) is 0 Å². The van der Waals surface area contributed by atoms with Gasteiger partial charge in [0.15, 0.2) is 0 Å². The zero-order valence-corrected chi connectivity index (χ0v) is 6.66. The van der Waals surface area contributed by atoms with Crippen molar-refractivity contribution in [3.63, 3.8) is 0 Å². The second-order valence-electron chi connectivity index (χ2n) is 2.65. The van der Waals surface area contributed by atoms with Crippen LogP contribution in [0.25, 0.3) is 0 Å². The molecule has 0 aromatic rings. The third-order valence-electron chi connectivity index (χ3n) is 1.54. The first kappa shape index (κ1) is 7.98. The maximum Gasteiger partial charge on any atom is 0.271 e. The highest BCUT2D eigenvalue weighted by Gasteiger charge is 2.23. The molecule has 0 aromatic carbocycles. The molecular weight excluding hydrogens is 132 g/mol. The molecule has 1 saturated heterocycles. The molecule has 1 aliphatic heterocycles. The molecule has 1 unspecified atom stereocenters. The number of rotatable bonds is 1. The Morgan fingerprint density at radius 1 is 1.20 bits per heavy atom. The summed E-state index contributed by atoms with van der Waals surface area (Å²) in [5, 5.41) is 0. The Labute approximate surface area is 61.3 Å². The van der Waals surface area contributed by atoms with Gasteiger partial charge in [0.25, 0.3) is 6.48 Å². The fourth-order valence-electron chi connectivity index (χ4n) is 1.10. The molecule has 60 valence electrons. The predicted octanol–water partition coefficient (Wildman–Crippen LogP) is 1.13. The first-order valence-electron chi connectivity index (χ1n) is 3.56. The molecule has 1 fully saturated rings. The molecule has 0 aliphatic carbocycles. The van der Waals surface area contributed by atoms with E-state index in [2.05, 4.69) is 0 Å². The molecule has 0 aromatic heterocycles. The normalized spacial score (nSPS) is 41.7. The summed E-state index contributed by atoms with van der Waals surface area (Å²) in [6.07, 6.45) is 1.43. The molecule has 0 radical (unpaired) electrons. The molecule has 0 amide bonds. The number of hydrogen-bond acceptors (Lipinski definition) is 3.